The molecule has 2 aliphatic heterocycles. The lowest BCUT2D eigenvalue weighted by Gasteiger charge is -2.20. The van der Waals surface area contributed by atoms with E-state index in [2.05, 4.69) is 35.0 Å². The molecule has 2 aromatic rings. The van der Waals surface area contributed by atoms with Crippen LogP contribution in [0.4, 0.5) is 11.4 Å². The van der Waals surface area contributed by atoms with Crippen molar-refractivity contribution in [2.75, 3.05) is 25.0 Å². The highest BCUT2D eigenvalue weighted by molar-refractivity contribution is 8.18. The second-order valence-corrected chi connectivity index (χ2v) is 8.53. The molecule has 28 heavy (non-hydrogen) atoms. The predicted octanol–water partition coefficient (Wildman–Crippen LogP) is 5.48. The molecule has 2 fully saturated rings. The molecule has 0 aromatic heterocycles. The molecule has 1 amide bonds. The van der Waals surface area contributed by atoms with Crippen molar-refractivity contribution in [3.63, 3.8) is 0 Å². The second-order valence-electron chi connectivity index (χ2n) is 7.09. The van der Waals surface area contributed by atoms with Gasteiger partial charge in [0, 0.05) is 30.8 Å². The van der Waals surface area contributed by atoms with E-state index < -0.39 is 0 Å². The molecule has 0 radical (unpaired) electrons. The molecule has 2 aromatic carbocycles. The van der Waals surface area contributed by atoms with Gasteiger partial charge in [-0.1, -0.05) is 17.7 Å². The molecule has 6 heteroatoms. The van der Waals surface area contributed by atoms with Crippen molar-refractivity contribution in [3.8, 4) is 0 Å². The average molecular weight is 412 g/mol. The predicted molar refractivity (Wildman–Crippen MR) is 120 cm³/mol. The van der Waals surface area contributed by atoms with E-state index in [0.29, 0.717) is 15.1 Å². The molecular weight excluding hydrogens is 390 g/mol. The van der Waals surface area contributed by atoms with Crippen molar-refractivity contribution < 1.29 is 4.79 Å². The fraction of sp³-hybridized carbons (Fsp3) is 0.273. The van der Waals surface area contributed by atoms with E-state index in [1.54, 1.807) is 24.1 Å². The molecule has 2 saturated heterocycles. The van der Waals surface area contributed by atoms with E-state index in [-0.39, 0.29) is 5.91 Å². The zero-order chi connectivity index (χ0) is 19.7. The summed E-state index contributed by atoms with van der Waals surface area (Å²) in [6, 6.07) is 13.7. The lowest BCUT2D eigenvalue weighted by molar-refractivity contribution is -0.121. The molecule has 144 valence electrons. The standard InChI is InChI=1S/C22H22ClN3OS/c1-15-13-16(5-10-19(15)26-11-3-4-12-26)14-20-21(27)25(2)22(28-20)24-18-8-6-17(23)7-9-18/h5-10,13-14H,3-4,11-12H2,1-2H3/b20-14+,24-22?. The van der Waals surface area contributed by atoms with Gasteiger partial charge >= 0.3 is 0 Å². The summed E-state index contributed by atoms with van der Waals surface area (Å²) < 4.78 is 0. The summed E-state index contributed by atoms with van der Waals surface area (Å²) in [7, 11) is 1.76. The third kappa shape index (κ3) is 3.96. The molecule has 0 spiro atoms. The Hall–Kier alpha value is -2.24. The monoisotopic (exact) mass is 411 g/mol. The summed E-state index contributed by atoms with van der Waals surface area (Å²) >= 11 is 7.33. The Bertz CT molecular complexity index is 962. The Labute approximate surface area is 174 Å². The fourth-order valence-corrected chi connectivity index (χ4v) is 4.62. The van der Waals surface area contributed by atoms with Crippen molar-refractivity contribution >= 4 is 51.9 Å². The van der Waals surface area contributed by atoms with Crippen LogP contribution in [-0.2, 0) is 4.79 Å². The number of amidine groups is 1. The normalized spacial score (nSPS) is 20.0. The van der Waals surface area contributed by atoms with Gasteiger partial charge in [0.1, 0.15) is 0 Å². The van der Waals surface area contributed by atoms with Gasteiger partial charge in [-0.3, -0.25) is 9.69 Å². The number of amides is 1. The Kier molecular flexibility index (Phi) is 5.47. The number of hydrogen-bond acceptors (Lipinski definition) is 4. The van der Waals surface area contributed by atoms with Gasteiger partial charge in [-0.2, -0.15) is 0 Å². The number of halogens is 1. The lowest BCUT2D eigenvalue weighted by Crippen LogP contribution is -2.23. The van der Waals surface area contributed by atoms with Gasteiger partial charge in [-0.25, -0.2) is 4.99 Å². The van der Waals surface area contributed by atoms with E-state index in [1.807, 2.05) is 18.2 Å². The van der Waals surface area contributed by atoms with Crippen LogP contribution in [0.3, 0.4) is 0 Å². The molecule has 0 N–H and O–H groups in total. The maximum Gasteiger partial charge on any atom is 0.266 e. The van der Waals surface area contributed by atoms with Crippen LogP contribution >= 0.6 is 23.4 Å². The number of likely N-dealkylation sites (N-methyl/N-ethyl adjacent to an activating group) is 1. The highest BCUT2D eigenvalue weighted by atomic mass is 35.5. The maximum absolute atomic E-state index is 12.7. The van der Waals surface area contributed by atoms with Crippen LogP contribution in [0.5, 0.6) is 0 Å². The topological polar surface area (TPSA) is 35.9 Å². The highest BCUT2D eigenvalue weighted by Crippen LogP contribution is 2.34. The quantitative estimate of drug-likeness (QED) is 0.627. The Morgan fingerprint density at radius 1 is 1.11 bits per heavy atom. The van der Waals surface area contributed by atoms with Gasteiger partial charge in [0.05, 0.1) is 10.6 Å². The summed E-state index contributed by atoms with van der Waals surface area (Å²) in [6.45, 7) is 4.40. The number of thioether (sulfide) groups is 1. The molecule has 0 atom stereocenters. The third-order valence-corrected chi connectivity index (χ3v) is 6.33. The van der Waals surface area contributed by atoms with Gasteiger partial charge < -0.3 is 4.90 Å². The Balaban J connectivity index is 1.57. The number of anilines is 1. The van der Waals surface area contributed by atoms with Crippen molar-refractivity contribution in [2.24, 2.45) is 4.99 Å². The molecule has 0 bridgehead atoms. The van der Waals surface area contributed by atoms with Crippen molar-refractivity contribution in [2.45, 2.75) is 19.8 Å². The average Bonchev–Trinajstić information content (AvgIpc) is 3.29. The number of rotatable bonds is 3. The molecule has 4 rings (SSSR count). The molecule has 0 saturated carbocycles. The van der Waals surface area contributed by atoms with E-state index in [1.165, 1.54) is 35.9 Å². The number of aryl methyl sites for hydroxylation is 1. The number of carbonyl (C=O) groups is 1. The van der Waals surface area contributed by atoms with Gasteiger partial charge in [0.2, 0.25) is 0 Å². The molecule has 2 heterocycles. The number of benzene rings is 2. The second kappa shape index (κ2) is 8.02. The molecule has 2 aliphatic rings. The van der Waals surface area contributed by atoms with Crippen molar-refractivity contribution in [1.29, 1.82) is 0 Å². The summed E-state index contributed by atoms with van der Waals surface area (Å²) in [5, 5.41) is 1.34. The zero-order valence-electron chi connectivity index (χ0n) is 16.0. The fourth-order valence-electron chi connectivity index (χ4n) is 3.51. The van der Waals surface area contributed by atoms with Gasteiger partial charge in [-0.15, -0.1) is 0 Å². The van der Waals surface area contributed by atoms with Crippen molar-refractivity contribution in [3.05, 3.63) is 63.5 Å². The van der Waals surface area contributed by atoms with E-state index in [0.717, 1.165) is 24.3 Å². The van der Waals surface area contributed by atoms with Crippen LogP contribution in [0.2, 0.25) is 5.02 Å². The first kappa shape index (κ1) is 19.1. The van der Waals surface area contributed by atoms with Crippen LogP contribution in [0.15, 0.2) is 52.4 Å². The number of carbonyl (C=O) groups excluding carboxylic acids is 1. The SMILES string of the molecule is Cc1cc(/C=C2/SC(=Nc3ccc(Cl)cc3)N(C)C2=O)ccc1N1CCCC1. The molecular formula is C22H22ClN3OS. The summed E-state index contributed by atoms with van der Waals surface area (Å²) in [6.07, 6.45) is 4.48. The first-order valence-corrected chi connectivity index (χ1v) is 10.6. The first-order valence-electron chi connectivity index (χ1n) is 9.39. The molecule has 0 aliphatic carbocycles. The van der Waals surface area contributed by atoms with Crippen molar-refractivity contribution in [1.82, 2.24) is 4.90 Å². The van der Waals surface area contributed by atoms with E-state index in [9.17, 15) is 4.79 Å². The summed E-state index contributed by atoms with van der Waals surface area (Å²) in [5.41, 5.74) is 4.36. The van der Waals surface area contributed by atoms with Crippen LogP contribution in [-0.4, -0.2) is 36.1 Å². The largest absolute Gasteiger partial charge is 0.371 e. The highest BCUT2D eigenvalue weighted by Gasteiger charge is 2.30. The van der Waals surface area contributed by atoms with Crippen LogP contribution in [0.1, 0.15) is 24.0 Å². The van der Waals surface area contributed by atoms with Crippen LogP contribution in [0.25, 0.3) is 6.08 Å². The third-order valence-electron chi connectivity index (χ3n) is 5.02. The Morgan fingerprint density at radius 3 is 2.50 bits per heavy atom. The van der Waals surface area contributed by atoms with Gasteiger partial charge in [0.15, 0.2) is 5.17 Å². The Morgan fingerprint density at radius 2 is 1.82 bits per heavy atom. The van der Waals surface area contributed by atoms with E-state index in [4.69, 9.17) is 11.6 Å². The minimum absolute atomic E-state index is 0.0287. The number of aliphatic imine (C=N–C) groups is 1. The summed E-state index contributed by atoms with van der Waals surface area (Å²) in [5.74, 6) is -0.0287. The smallest absolute Gasteiger partial charge is 0.266 e. The van der Waals surface area contributed by atoms with E-state index >= 15 is 0 Å². The zero-order valence-corrected chi connectivity index (χ0v) is 17.6. The lowest BCUT2D eigenvalue weighted by atomic mass is 10.1. The number of hydrogen-bond donors (Lipinski definition) is 0. The summed E-state index contributed by atoms with van der Waals surface area (Å²) in [4.78, 5) is 22.0. The molecule has 4 nitrogen and oxygen atoms in total. The minimum atomic E-state index is -0.0287. The van der Waals surface area contributed by atoms with Crippen LogP contribution in [0, 0.1) is 6.92 Å². The first-order chi connectivity index (χ1) is 13.5. The molecule has 0 unspecified atom stereocenters. The van der Waals surface area contributed by atoms with Crippen LogP contribution < -0.4 is 4.90 Å². The maximum atomic E-state index is 12.7. The minimum Gasteiger partial charge on any atom is -0.371 e. The van der Waals surface area contributed by atoms with Gasteiger partial charge in [0.25, 0.3) is 5.91 Å². The van der Waals surface area contributed by atoms with Gasteiger partial charge in [-0.05, 0) is 85.1 Å². The number of nitrogens with zero attached hydrogens (tertiary/aromatic N) is 3.